The van der Waals surface area contributed by atoms with Crippen LogP contribution in [0.25, 0.3) is 0 Å². The SMILES string of the molecule is O=C(CN1CCCCCC1=O)NOC1CCCC1. The van der Waals surface area contributed by atoms with Gasteiger partial charge in [0.1, 0.15) is 6.54 Å². The fourth-order valence-corrected chi connectivity index (χ4v) is 2.57. The highest BCUT2D eigenvalue weighted by molar-refractivity contribution is 5.84. The highest BCUT2D eigenvalue weighted by atomic mass is 16.7. The van der Waals surface area contributed by atoms with Crippen molar-refractivity contribution >= 4 is 11.8 Å². The van der Waals surface area contributed by atoms with Crippen LogP contribution in [0.1, 0.15) is 51.4 Å². The van der Waals surface area contributed by atoms with Gasteiger partial charge in [-0.1, -0.05) is 19.3 Å². The monoisotopic (exact) mass is 254 g/mol. The van der Waals surface area contributed by atoms with Crippen molar-refractivity contribution in [3.8, 4) is 0 Å². The Morgan fingerprint density at radius 1 is 1.22 bits per heavy atom. The number of nitrogens with zero attached hydrogens (tertiary/aromatic N) is 1. The van der Waals surface area contributed by atoms with E-state index in [2.05, 4.69) is 5.48 Å². The molecule has 1 saturated carbocycles. The van der Waals surface area contributed by atoms with Crippen LogP contribution in [0.4, 0.5) is 0 Å². The smallest absolute Gasteiger partial charge is 0.263 e. The second-order valence-electron chi connectivity index (χ2n) is 5.18. The van der Waals surface area contributed by atoms with E-state index in [1.54, 1.807) is 4.90 Å². The number of hydroxylamine groups is 1. The van der Waals surface area contributed by atoms with Gasteiger partial charge in [0.2, 0.25) is 5.91 Å². The highest BCUT2D eigenvalue weighted by Gasteiger charge is 2.21. The molecule has 0 aromatic heterocycles. The second kappa shape index (κ2) is 6.73. The van der Waals surface area contributed by atoms with Crippen LogP contribution < -0.4 is 5.48 Å². The Balaban J connectivity index is 1.70. The van der Waals surface area contributed by atoms with E-state index in [4.69, 9.17) is 4.84 Å². The Morgan fingerprint density at radius 3 is 2.78 bits per heavy atom. The lowest BCUT2D eigenvalue weighted by molar-refractivity contribution is -0.144. The molecule has 0 bridgehead atoms. The third kappa shape index (κ3) is 3.98. The fraction of sp³-hybridized carbons (Fsp3) is 0.846. The minimum atomic E-state index is -0.211. The third-order valence-corrected chi connectivity index (χ3v) is 3.65. The second-order valence-corrected chi connectivity index (χ2v) is 5.18. The lowest BCUT2D eigenvalue weighted by atomic mass is 10.2. The molecular formula is C13H22N2O3. The summed E-state index contributed by atoms with van der Waals surface area (Å²) in [6, 6.07) is 0. The Kier molecular flexibility index (Phi) is 4.99. The van der Waals surface area contributed by atoms with Gasteiger partial charge in [-0.2, -0.15) is 0 Å². The van der Waals surface area contributed by atoms with Gasteiger partial charge < -0.3 is 4.90 Å². The van der Waals surface area contributed by atoms with E-state index in [1.807, 2.05) is 0 Å². The highest BCUT2D eigenvalue weighted by Crippen LogP contribution is 2.19. The Labute approximate surface area is 108 Å². The summed E-state index contributed by atoms with van der Waals surface area (Å²) in [6.07, 6.45) is 8.10. The number of nitrogens with one attached hydrogen (secondary N) is 1. The molecule has 2 aliphatic rings. The van der Waals surface area contributed by atoms with Crippen molar-refractivity contribution in [2.45, 2.75) is 57.5 Å². The molecular weight excluding hydrogens is 232 g/mol. The van der Waals surface area contributed by atoms with Crippen LogP contribution in [0, 0.1) is 0 Å². The quantitative estimate of drug-likeness (QED) is 0.771. The van der Waals surface area contributed by atoms with Crippen molar-refractivity contribution in [2.24, 2.45) is 0 Å². The van der Waals surface area contributed by atoms with Gasteiger partial charge in [0.15, 0.2) is 0 Å². The standard InChI is InChI=1S/C13H22N2O3/c16-12(14-18-11-6-3-4-7-11)10-15-9-5-1-2-8-13(15)17/h11H,1-10H2,(H,14,16). The first kappa shape index (κ1) is 13.3. The predicted octanol–water partition coefficient (Wildman–Crippen LogP) is 1.38. The summed E-state index contributed by atoms with van der Waals surface area (Å²) in [5.41, 5.74) is 2.48. The molecule has 102 valence electrons. The molecule has 1 aliphatic heterocycles. The molecule has 0 atom stereocenters. The van der Waals surface area contributed by atoms with E-state index in [9.17, 15) is 9.59 Å². The fourth-order valence-electron chi connectivity index (χ4n) is 2.57. The summed E-state index contributed by atoms with van der Waals surface area (Å²) in [5, 5.41) is 0. The van der Waals surface area contributed by atoms with Gasteiger partial charge in [-0.05, 0) is 25.7 Å². The molecule has 0 aromatic carbocycles. The van der Waals surface area contributed by atoms with Crippen LogP contribution in [0.15, 0.2) is 0 Å². The predicted molar refractivity (Wildman–Crippen MR) is 66.5 cm³/mol. The van der Waals surface area contributed by atoms with Crippen LogP contribution in [0.5, 0.6) is 0 Å². The maximum absolute atomic E-state index is 11.7. The number of carbonyl (C=O) groups is 2. The molecule has 2 fully saturated rings. The average Bonchev–Trinajstić information content (AvgIpc) is 2.80. The van der Waals surface area contributed by atoms with Gasteiger partial charge >= 0.3 is 0 Å². The summed E-state index contributed by atoms with van der Waals surface area (Å²) in [6.45, 7) is 0.821. The summed E-state index contributed by atoms with van der Waals surface area (Å²) in [5.74, 6) is -0.124. The molecule has 5 heteroatoms. The molecule has 0 unspecified atom stereocenters. The maximum atomic E-state index is 11.7. The summed E-state index contributed by atoms with van der Waals surface area (Å²) in [4.78, 5) is 30.4. The normalized spacial score (nSPS) is 22.0. The molecule has 1 N–H and O–H groups in total. The van der Waals surface area contributed by atoms with Gasteiger partial charge in [-0.3, -0.25) is 14.4 Å². The van der Waals surface area contributed by atoms with Crippen molar-refractivity contribution in [1.82, 2.24) is 10.4 Å². The molecule has 1 saturated heterocycles. The van der Waals surface area contributed by atoms with Crippen LogP contribution >= 0.6 is 0 Å². The molecule has 0 spiro atoms. The molecule has 2 amide bonds. The van der Waals surface area contributed by atoms with Crippen molar-refractivity contribution in [3.63, 3.8) is 0 Å². The van der Waals surface area contributed by atoms with Crippen molar-refractivity contribution < 1.29 is 14.4 Å². The van der Waals surface area contributed by atoms with Crippen molar-refractivity contribution in [3.05, 3.63) is 0 Å². The maximum Gasteiger partial charge on any atom is 0.263 e. The average molecular weight is 254 g/mol. The van der Waals surface area contributed by atoms with Crippen molar-refractivity contribution in [2.75, 3.05) is 13.1 Å². The number of carbonyl (C=O) groups excluding carboxylic acids is 2. The van der Waals surface area contributed by atoms with Gasteiger partial charge in [-0.25, -0.2) is 5.48 Å². The Morgan fingerprint density at radius 2 is 2.00 bits per heavy atom. The molecule has 0 radical (unpaired) electrons. The number of rotatable bonds is 4. The lowest BCUT2D eigenvalue weighted by Gasteiger charge is -2.20. The molecule has 0 aromatic rings. The zero-order valence-corrected chi connectivity index (χ0v) is 10.8. The number of hydrogen-bond donors (Lipinski definition) is 1. The van der Waals surface area contributed by atoms with Gasteiger partial charge in [0.05, 0.1) is 6.10 Å². The molecule has 2 rings (SSSR count). The van der Waals surface area contributed by atoms with E-state index in [0.29, 0.717) is 13.0 Å². The first-order valence-electron chi connectivity index (χ1n) is 6.98. The molecule has 18 heavy (non-hydrogen) atoms. The van der Waals surface area contributed by atoms with E-state index in [0.717, 1.165) is 32.1 Å². The van der Waals surface area contributed by atoms with Crippen LogP contribution in [-0.2, 0) is 14.4 Å². The summed E-state index contributed by atoms with van der Waals surface area (Å²) >= 11 is 0. The van der Waals surface area contributed by atoms with E-state index in [-0.39, 0.29) is 24.5 Å². The molecule has 5 nitrogen and oxygen atoms in total. The van der Waals surface area contributed by atoms with E-state index in [1.165, 1.54) is 12.8 Å². The van der Waals surface area contributed by atoms with Crippen LogP contribution in [0.3, 0.4) is 0 Å². The van der Waals surface area contributed by atoms with Gasteiger partial charge in [0, 0.05) is 13.0 Å². The minimum Gasteiger partial charge on any atom is -0.333 e. The Hall–Kier alpha value is -1.10. The molecule has 1 aliphatic carbocycles. The van der Waals surface area contributed by atoms with Crippen LogP contribution in [-0.4, -0.2) is 35.9 Å². The third-order valence-electron chi connectivity index (χ3n) is 3.65. The summed E-state index contributed by atoms with van der Waals surface area (Å²) < 4.78 is 0. The largest absolute Gasteiger partial charge is 0.333 e. The zero-order valence-electron chi connectivity index (χ0n) is 10.8. The number of amides is 2. The molecule has 1 heterocycles. The number of hydrogen-bond acceptors (Lipinski definition) is 3. The minimum absolute atomic E-state index is 0.0866. The summed E-state index contributed by atoms with van der Waals surface area (Å²) in [7, 11) is 0. The number of likely N-dealkylation sites (tertiary alicyclic amines) is 1. The van der Waals surface area contributed by atoms with E-state index < -0.39 is 0 Å². The van der Waals surface area contributed by atoms with Gasteiger partial charge in [-0.15, -0.1) is 0 Å². The lowest BCUT2D eigenvalue weighted by Crippen LogP contribution is -2.41. The first-order valence-corrected chi connectivity index (χ1v) is 6.98. The van der Waals surface area contributed by atoms with Gasteiger partial charge in [0.25, 0.3) is 5.91 Å². The van der Waals surface area contributed by atoms with Crippen molar-refractivity contribution in [1.29, 1.82) is 0 Å². The Bertz CT molecular complexity index is 301. The van der Waals surface area contributed by atoms with E-state index >= 15 is 0 Å². The van der Waals surface area contributed by atoms with Crippen LogP contribution in [0.2, 0.25) is 0 Å². The first-order chi connectivity index (χ1) is 8.75. The topological polar surface area (TPSA) is 58.6 Å². The zero-order chi connectivity index (χ0) is 12.8.